The van der Waals surface area contributed by atoms with Crippen molar-refractivity contribution < 1.29 is 17.9 Å². The topological polar surface area (TPSA) is 87.7 Å². The number of para-hydroxylation sites is 2. The lowest BCUT2D eigenvalue weighted by atomic mass is 10.1. The van der Waals surface area contributed by atoms with E-state index < -0.39 is 10.0 Å². The molecule has 8 heteroatoms. The molecule has 0 aromatic heterocycles. The maximum Gasteiger partial charge on any atom is 0.262 e. The Morgan fingerprint density at radius 2 is 1.65 bits per heavy atom. The highest BCUT2D eigenvalue weighted by molar-refractivity contribution is 7.92. The van der Waals surface area contributed by atoms with Crippen molar-refractivity contribution in [1.82, 2.24) is 0 Å². The van der Waals surface area contributed by atoms with Crippen molar-refractivity contribution in [3.05, 3.63) is 77.9 Å². The van der Waals surface area contributed by atoms with Crippen LogP contribution in [0.5, 0.6) is 5.75 Å². The first kappa shape index (κ1) is 23.6. The quantitative estimate of drug-likeness (QED) is 0.495. The van der Waals surface area contributed by atoms with Gasteiger partial charge in [0.2, 0.25) is 0 Å². The second-order valence-electron chi connectivity index (χ2n) is 8.33. The van der Waals surface area contributed by atoms with Crippen LogP contribution in [0.3, 0.4) is 0 Å². The number of anilines is 3. The van der Waals surface area contributed by atoms with Crippen molar-refractivity contribution in [2.24, 2.45) is 0 Å². The zero-order valence-electron chi connectivity index (χ0n) is 19.4. The Balaban J connectivity index is 1.51. The predicted octanol–water partition coefficient (Wildman–Crippen LogP) is 5.05. The second kappa shape index (κ2) is 10.2. The van der Waals surface area contributed by atoms with Gasteiger partial charge in [0, 0.05) is 30.0 Å². The van der Waals surface area contributed by atoms with Gasteiger partial charge in [-0.2, -0.15) is 0 Å². The number of sulfonamides is 1. The van der Waals surface area contributed by atoms with Gasteiger partial charge < -0.3 is 15.0 Å². The summed E-state index contributed by atoms with van der Waals surface area (Å²) in [5.74, 6) is 0.0433. The van der Waals surface area contributed by atoms with Gasteiger partial charge in [-0.25, -0.2) is 8.42 Å². The van der Waals surface area contributed by atoms with E-state index in [1.54, 1.807) is 37.3 Å². The molecule has 0 radical (unpaired) electrons. The van der Waals surface area contributed by atoms with Crippen molar-refractivity contribution in [1.29, 1.82) is 0 Å². The summed E-state index contributed by atoms with van der Waals surface area (Å²) >= 11 is 0. The molecule has 0 aliphatic carbocycles. The molecule has 1 aliphatic rings. The average molecular weight is 480 g/mol. The van der Waals surface area contributed by atoms with Crippen molar-refractivity contribution in [3.63, 3.8) is 0 Å². The van der Waals surface area contributed by atoms with Crippen molar-refractivity contribution in [3.8, 4) is 5.75 Å². The Kier molecular flexibility index (Phi) is 7.07. The van der Waals surface area contributed by atoms with Gasteiger partial charge in [-0.15, -0.1) is 0 Å². The number of nitrogens with one attached hydrogen (secondary N) is 2. The number of hydrogen-bond donors (Lipinski definition) is 2. The van der Waals surface area contributed by atoms with E-state index in [0.717, 1.165) is 18.8 Å². The Morgan fingerprint density at radius 3 is 2.35 bits per heavy atom. The predicted molar refractivity (Wildman–Crippen MR) is 135 cm³/mol. The van der Waals surface area contributed by atoms with Crippen LogP contribution in [0.1, 0.15) is 35.2 Å². The third-order valence-electron chi connectivity index (χ3n) is 5.96. The molecular weight excluding hydrogens is 450 g/mol. The van der Waals surface area contributed by atoms with Gasteiger partial charge in [-0.05, 0) is 80.3 Å². The van der Waals surface area contributed by atoms with Crippen LogP contribution in [-0.2, 0) is 10.0 Å². The number of carbonyl (C=O) groups is 1. The van der Waals surface area contributed by atoms with Gasteiger partial charge in [-0.3, -0.25) is 9.52 Å². The van der Waals surface area contributed by atoms with Crippen molar-refractivity contribution >= 4 is 33.0 Å². The molecule has 0 saturated carbocycles. The fourth-order valence-electron chi connectivity index (χ4n) is 4.05. The molecule has 4 rings (SSSR count). The Hall–Kier alpha value is -3.52. The number of carbonyl (C=O) groups excluding carboxylic acids is 1. The van der Waals surface area contributed by atoms with Crippen LogP contribution >= 0.6 is 0 Å². The normalized spacial score (nSPS) is 13.9. The lowest BCUT2D eigenvalue weighted by molar-refractivity contribution is 0.102. The van der Waals surface area contributed by atoms with Crippen LogP contribution < -0.4 is 19.7 Å². The first-order valence-electron chi connectivity index (χ1n) is 11.3. The van der Waals surface area contributed by atoms with Crippen LogP contribution in [0.4, 0.5) is 17.1 Å². The fourth-order valence-corrected chi connectivity index (χ4v) is 5.15. The summed E-state index contributed by atoms with van der Waals surface area (Å²) in [6.45, 7) is 3.88. The highest BCUT2D eigenvalue weighted by Crippen LogP contribution is 2.27. The van der Waals surface area contributed by atoms with Crippen LogP contribution in [0.2, 0.25) is 0 Å². The third-order valence-corrected chi connectivity index (χ3v) is 7.32. The van der Waals surface area contributed by atoms with E-state index >= 15 is 0 Å². The third kappa shape index (κ3) is 5.34. The number of ether oxygens (including phenoxy) is 1. The van der Waals surface area contributed by atoms with E-state index in [4.69, 9.17) is 4.74 Å². The number of benzene rings is 3. The molecule has 0 atom stereocenters. The lowest BCUT2D eigenvalue weighted by Gasteiger charge is -2.28. The molecular formula is C26H29N3O4S. The van der Waals surface area contributed by atoms with Crippen molar-refractivity contribution in [2.45, 2.75) is 31.1 Å². The highest BCUT2D eigenvalue weighted by Gasteiger charge is 2.20. The monoisotopic (exact) mass is 479 g/mol. The van der Waals surface area contributed by atoms with E-state index in [9.17, 15) is 13.2 Å². The van der Waals surface area contributed by atoms with Gasteiger partial charge in [-0.1, -0.05) is 18.2 Å². The molecule has 34 heavy (non-hydrogen) atoms. The molecule has 0 spiro atoms. The molecule has 7 nitrogen and oxygen atoms in total. The van der Waals surface area contributed by atoms with Crippen LogP contribution in [0, 0.1) is 6.92 Å². The number of aryl methyl sites for hydroxylation is 1. The summed E-state index contributed by atoms with van der Waals surface area (Å²) in [4.78, 5) is 15.3. The molecule has 0 bridgehead atoms. The molecule has 1 fully saturated rings. The van der Waals surface area contributed by atoms with Gasteiger partial charge in [0.1, 0.15) is 5.75 Å². The highest BCUT2D eigenvalue weighted by atomic mass is 32.2. The van der Waals surface area contributed by atoms with E-state index in [-0.39, 0.29) is 10.8 Å². The van der Waals surface area contributed by atoms with Crippen LogP contribution in [-0.4, -0.2) is 34.5 Å². The Bertz CT molecular complexity index is 1270. The zero-order valence-corrected chi connectivity index (χ0v) is 20.2. The molecule has 3 aromatic carbocycles. The number of rotatable bonds is 7. The summed E-state index contributed by atoms with van der Waals surface area (Å²) in [7, 11) is -2.45. The van der Waals surface area contributed by atoms with Crippen molar-refractivity contribution in [2.75, 3.05) is 35.1 Å². The molecule has 178 valence electrons. The van der Waals surface area contributed by atoms with Crippen LogP contribution in [0.15, 0.2) is 71.6 Å². The average Bonchev–Trinajstić information content (AvgIpc) is 2.85. The van der Waals surface area contributed by atoms with E-state index in [1.807, 2.05) is 24.3 Å². The van der Waals surface area contributed by atoms with Gasteiger partial charge >= 0.3 is 0 Å². The standard InChI is InChI=1S/C26H29N3O4S/c1-19-10-15-22(34(31,32)28-24-8-4-5-9-25(24)33-2)18-23(19)26(30)27-20-11-13-21(14-12-20)29-16-6-3-7-17-29/h4-5,8-15,18,28H,3,6-7,16-17H2,1-2H3,(H,27,30). The summed E-state index contributed by atoms with van der Waals surface area (Å²) in [5, 5.41) is 2.88. The smallest absolute Gasteiger partial charge is 0.262 e. The molecule has 1 amide bonds. The Morgan fingerprint density at radius 1 is 0.941 bits per heavy atom. The van der Waals surface area contributed by atoms with Gasteiger partial charge in [0.25, 0.3) is 15.9 Å². The molecule has 2 N–H and O–H groups in total. The number of amides is 1. The lowest BCUT2D eigenvalue weighted by Crippen LogP contribution is -2.29. The molecule has 1 aliphatic heterocycles. The second-order valence-corrected chi connectivity index (χ2v) is 10.0. The molecule has 0 unspecified atom stereocenters. The minimum atomic E-state index is -3.93. The van der Waals surface area contributed by atoms with Gasteiger partial charge in [0.15, 0.2) is 0 Å². The minimum Gasteiger partial charge on any atom is -0.495 e. The summed E-state index contributed by atoms with van der Waals surface area (Å²) in [6, 6.07) is 19.0. The molecule has 1 saturated heterocycles. The zero-order chi connectivity index (χ0) is 24.1. The minimum absolute atomic E-state index is 0.00500. The number of hydrogen-bond acceptors (Lipinski definition) is 5. The largest absolute Gasteiger partial charge is 0.495 e. The van der Waals surface area contributed by atoms with E-state index in [0.29, 0.717) is 28.3 Å². The first-order valence-corrected chi connectivity index (χ1v) is 12.8. The summed E-state index contributed by atoms with van der Waals surface area (Å²) in [6.07, 6.45) is 3.67. The first-order chi connectivity index (χ1) is 16.4. The fraction of sp³-hybridized carbons (Fsp3) is 0.269. The number of piperidine rings is 1. The van der Waals surface area contributed by atoms with Gasteiger partial charge in [0.05, 0.1) is 17.7 Å². The van der Waals surface area contributed by atoms with E-state index in [1.165, 1.54) is 38.5 Å². The number of nitrogens with zero attached hydrogens (tertiary/aromatic N) is 1. The SMILES string of the molecule is COc1ccccc1NS(=O)(=O)c1ccc(C)c(C(=O)Nc2ccc(N3CCCCC3)cc2)c1. The maximum atomic E-state index is 13.0. The summed E-state index contributed by atoms with van der Waals surface area (Å²) < 4.78 is 33.8. The number of methoxy groups -OCH3 is 1. The Labute approximate surface area is 200 Å². The van der Waals surface area contributed by atoms with Crippen LogP contribution in [0.25, 0.3) is 0 Å². The molecule has 1 heterocycles. The molecule has 3 aromatic rings. The maximum absolute atomic E-state index is 13.0. The summed E-state index contributed by atoms with van der Waals surface area (Å²) in [5.41, 5.74) is 3.10. The van der Waals surface area contributed by atoms with E-state index in [2.05, 4.69) is 14.9 Å².